The van der Waals surface area contributed by atoms with Crippen molar-refractivity contribution in [3.05, 3.63) is 76.9 Å². The third-order valence-electron chi connectivity index (χ3n) is 5.49. The number of hydrogen-bond acceptors (Lipinski definition) is 2. The third-order valence-corrected chi connectivity index (χ3v) is 5.49. The highest BCUT2D eigenvalue weighted by atomic mass is 127. The molecule has 1 N–H and O–H groups in total. The summed E-state index contributed by atoms with van der Waals surface area (Å²) in [4.78, 5) is 16.6. The van der Waals surface area contributed by atoms with Gasteiger partial charge < -0.3 is 10.2 Å². The number of amides is 1. The number of carbonyl (C=O) groups excluding carboxylic acids is 1. The second-order valence-electron chi connectivity index (χ2n) is 8.14. The zero-order valence-electron chi connectivity index (χ0n) is 19.4. The topological polar surface area (TPSA) is 32.3 Å². The first-order valence-electron chi connectivity index (χ1n) is 10.9. The van der Waals surface area contributed by atoms with Crippen LogP contribution in [0.5, 0.6) is 0 Å². The van der Waals surface area contributed by atoms with Crippen molar-refractivity contribution in [2.75, 3.05) is 25.6 Å². The fourth-order valence-corrected chi connectivity index (χ4v) is 3.91. The Morgan fingerprint density at radius 1 is 1.00 bits per heavy atom. The Hall–Kier alpha value is -1.92. The van der Waals surface area contributed by atoms with Crippen molar-refractivity contribution in [2.24, 2.45) is 5.92 Å². The molecular weight excluding hydrogens is 495 g/mol. The van der Waals surface area contributed by atoms with Crippen LogP contribution in [-0.2, 0) is 4.79 Å². The van der Waals surface area contributed by atoms with Gasteiger partial charge in [-0.15, -0.1) is 0 Å². The second-order valence-corrected chi connectivity index (χ2v) is 8.14. The van der Waals surface area contributed by atoms with Gasteiger partial charge in [-0.25, -0.2) is 0 Å². The number of benzene rings is 2. The minimum Gasteiger partial charge on any atom is -0.344 e. The van der Waals surface area contributed by atoms with Crippen LogP contribution in [0.4, 0.5) is 0 Å². The van der Waals surface area contributed by atoms with Crippen LogP contribution in [0.1, 0.15) is 48.9 Å². The van der Waals surface area contributed by atoms with E-state index in [0.29, 0.717) is 12.5 Å². The molecule has 0 saturated carbocycles. The third kappa shape index (κ3) is 6.78. The smallest absolute Gasteiger partial charge is 0.239 e. The van der Waals surface area contributed by atoms with Gasteiger partial charge in [0.15, 0.2) is 0 Å². The van der Waals surface area contributed by atoms with Crippen molar-refractivity contribution in [3.8, 4) is 0 Å². The summed E-state index contributed by atoms with van der Waals surface area (Å²) in [6.07, 6.45) is 8.33. The van der Waals surface area contributed by atoms with Crippen molar-refractivity contribution in [1.82, 2.24) is 10.2 Å². The quantitative estimate of drug-likeness (QED) is 0.294. The Labute approximate surface area is 201 Å². The summed E-state index contributed by atoms with van der Waals surface area (Å²) >= 11 is 2.15. The summed E-state index contributed by atoms with van der Waals surface area (Å²) in [5.74, 6) is 0.654. The first kappa shape index (κ1) is 25.3. The molecule has 1 amide bonds. The van der Waals surface area contributed by atoms with Gasteiger partial charge in [-0.3, -0.25) is 4.79 Å². The lowest BCUT2D eigenvalue weighted by Gasteiger charge is -2.24. The lowest BCUT2D eigenvalue weighted by atomic mass is 9.93. The molecule has 4 heteroatoms. The molecule has 166 valence electrons. The van der Waals surface area contributed by atoms with Crippen molar-refractivity contribution < 1.29 is 4.79 Å². The van der Waals surface area contributed by atoms with E-state index in [1.807, 2.05) is 23.9 Å². The van der Waals surface area contributed by atoms with E-state index in [4.69, 9.17) is 0 Å². The zero-order chi connectivity index (χ0) is 22.8. The first-order chi connectivity index (χ1) is 15.0. The Morgan fingerprint density at radius 2 is 1.52 bits per heavy atom. The Morgan fingerprint density at radius 3 is 2.00 bits per heavy atom. The van der Waals surface area contributed by atoms with Crippen LogP contribution in [0.25, 0.3) is 17.7 Å². The SMILES string of the molecule is CI.CN[C@@H](CC(C)C)C(=O)N(C)CCC=C1c2ccccc2C=Cc2ccccc21. The predicted molar refractivity (Wildman–Crippen MR) is 143 cm³/mol. The van der Waals surface area contributed by atoms with Crippen LogP contribution >= 0.6 is 22.6 Å². The molecule has 0 spiro atoms. The molecule has 0 radical (unpaired) electrons. The van der Waals surface area contributed by atoms with E-state index in [2.05, 4.69) is 109 Å². The largest absolute Gasteiger partial charge is 0.344 e. The average molecular weight is 530 g/mol. The van der Waals surface area contributed by atoms with E-state index in [-0.39, 0.29) is 11.9 Å². The number of alkyl halides is 1. The number of nitrogens with one attached hydrogen (secondary N) is 1. The van der Waals surface area contributed by atoms with Gasteiger partial charge in [0.05, 0.1) is 6.04 Å². The molecule has 3 nitrogen and oxygen atoms in total. The average Bonchev–Trinajstić information content (AvgIpc) is 2.95. The van der Waals surface area contributed by atoms with Crippen LogP contribution < -0.4 is 5.32 Å². The monoisotopic (exact) mass is 530 g/mol. The highest BCUT2D eigenvalue weighted by Gasteiger charge is 2.21. The van der Waals surface area contributed by atoms with Gasteiger partial charge in [-0.1, -0.05) is 103 Å². The number of rotatable bonds is 7. The highest BCUT2D eigenvalue weighted by molar-refractivity contribution is 14.1. The summed E-state index contributed by atoms with van der Waals surface area (Å²) in [5, 5.41) is 3.17. The van der Waals surface area contributed by atoms with Crippen LogP contribution in [0.15, 0.2) is 54.6 Å². The Kier molecular flexibility index (Phi) is 10.5. The summed E-state index contributed by atoms with van der Waals surface area (Å²) in [6, 6.07) is 16.9. The fourth-order valence-electron chi connectivity index (χ4n) is 3.91. The molecule has 3 rings (SSSR count). The van der Waals surface area contributed by atoms with Gasteiger partial charge in [0.2, 0.25) is 5.91 Å². The van der Waals surface area contributed by atoms with Gasteiger partial charge in [-0.05, 0) is 58.6 Å². The Balaban J connectivity index is 0.00000166. The van der Waals surface area contributed by atoms with Gasteiger partial charge >= 0.3 is 0 Å². The number of fused-ring (bicyclic) bond motifs is 2. The summed E-state index contributed by atoms with van der Waals surface area (Å²) < 4.78 is 0. The molecule has 0 heterocycles. The lowest BCUT2D eigenvalue weighted by molar-refractivity contribution is -0.132. The van der Waals surface area contributed by atoms with E-state index in [0.717, 1.165) is 12.8 Å². The fraction of sp³-hybridized carbons (Fsp3) is 0.370. The van der Waals surface area contributed by atoms with E-state index in [1.54, 1.807) is 0 Å². The number of nitrogens with zero attached hydrogens (tertiary/aromatic N) is 1. The van der Waals surface area contributed by atoms with Gasteiger partial charge in [-0.2, -0.15) is 0 Å². The van der Waals surface area contributed by atoms with Gasteiger partial charge in [0.25, 0.3) is 0 Å². The predicted octanol–water partition coefficient (Wildman–Crippen LogP) is 6.14. The molecule has 0 aliphatic heterocycles. The van der Waals surface area contributed by atoms with Crippen LogP contribution in [0.2, 0.25) is 0 Å². The van der Waals surface area contributed by atoms with Crippen LogP contribution in [0, 0.1) is 5.92 Å². The standard InChI is InChI=1S/C26H32N2O.CH3I/c1-19(2)18-25(27-3)26(29)28(4)17-9-14-24-22-12-7-5-10-20(22)15-16-21-11-6-8-13-23(21)24;1-2/h5-8,10-16,19,25,27H,9,17-18H2,1-4H3;1H3/t25-;/m0./s1. The van der Waals surface area contributed by atoms with Crippen LogP contribution in [-0.4, -0.2) is 42.4 Å². The van der Waals surface area contributed by atoms with Gasteiger partial charge in [0.1, 0.15) is 0 Å². The van der Waals surface area contributed by atoms with E-state index in [1.165, 1.54) is 27.8 Å². The second kappa shape index (κ2) is 12.8. The van der Waals surface area contributed by atoms with E-state index >= 15 is 0 Å². The maximum atomic E-state index is 12.8. The highest BCUT2D eigenvalue weighted by Crippen LogP contribution is 2.33. The zero-order valence-corrected chi connectivity index (χ0v) is 21.5. The molecule has 1 aliphatic carbocycles. The maximum Gasteiger partial charge on any atom is 0.239 e. The molecule has 2 aromatic rings. The van der Waals surface area contributed by atoms with E-state index in [9.17, 15) is 4.79 Å². The molecular formula is C27H35IN2O. The van der Waals surface area contributed by atoms with E-state index < -0.39 is 0 Å². The number of likely N-dealkylation sites (N-methyl/N-ethyl adjacent to an activating group) is 2. The van der Waals surface area contributed by atoms with Crippen molar-refractivity contribution >= 4 is 46.2 Å². The minimum atomic E-state index is -0.115. The molecule has 0 fully saturated rings. The molecule has 0 aromatic heterocycles. The lowest BCUT2D eigenvalue weighted by Crippen LogP contribution is -2.44. The van der Waals surface area contributed by atoms with Crippen molar-refractivity contribution in [2.45, 2.75) is 32.7 Å². The Bertz CT molecular complexity index is 865. The minimum absolute atomic E-state index is 0.115. The number of halogens is 1. The number of hydrogen-bond donors (Lipinski definition) is 1. The maximum absolute atomic E-state index is 12.8. The summed E-state index contributed by atoms with van der Waals surface area (Å²) in [6.45, 7) is 5.00. The van der Waals surface area contributed by atoms with Crippen molar-refractivity contribution in [3.63, 3.8) is 0 Å². The van der Waals surface area contributed by atoms with Crippen LogP contribution in [0.3, 0.4) is 0 Å². The van der Waals surface area contributed by atoms with Crippen molar-refractivity contribution in [1.29, 1.82) is 0 Å². The molecule has 1 aliphatic rings. The summed E-state index contributed by atoms with van der Waals surface area (Å²) in [5.41, 5.74) is 6.19. The summed E-state index contributed by atoms with van der Waals surface area (Å²) in [7, 11) is 3.77. The molecule has 1 atom stereocenters. The normalized spacial score (nSPS) is 12.8. The molecule has 0 saturated heterocycles. The first-order valence-corrected chi connectivity index (χ1v) is 13.0. The molecule has 0 bridgehead atoms. The molecule has 2 aromatic carbocycles. The van der Waals surface area contributed by atoms with Gasteiger partial charge in [0, 0.05) is 13.6 Å². The number of carbonyl (C=O) groups is 1. The molecule has 0 unspecified atom stereocenters. The molecule has 31 heavy (non-hydrogen) atoms.